The summed E-state index contributed by atoms with van der Waals surface area (Å²) in [7, 11) is -10.0. The topological polar surface area (TPSA) is 143 Å². The summed E-state index contributed by atoms with van der Waals surface area (Å²) in [5.74, 6) is -0.724. The van der Waals surface area contributed by atoms with Crippen LogP contribution in [0.25, 0.3) is 31.6 Å². The Labute approximate surface area is 200 Å². The van der Waals surface area contributed by atoms with Gasteiger partial charge in [0.15, 0.2) is 11.5 Å². The zero-order valence-electron chi connectivity index (χ0n) is 15.5. The number of H-pyrrole nitrogens is 1. The second kappa shape index (κ2) is 7.92. The zero-order chi connectivity index (χ0) is 23.6. The molecule has 2 aromatic heterocycles. The maximum absolute atomic E-state index is 11.6. The Bertz CT molecular complexity index is 1620. The van der Waals surface area contributed by atoms with Crippen molar-refractivity contribution in [2.45, 2.75) is 6.92 Å². The highest BCUT2D eigenvalue weighted by Gasteiger charge is 2.29. The molecule has 0 aliphatic carbocycles. The van der Waals surface area contributed by atoms with E-state index in [4.69, 9.17) is 43.2 Å². The molecule has 9 nitrogen and oxygen atoms in total. The number of hydrogen-bond acceptors (Lipinski definition) is 7. The van der Waals surface area contributed by atoms with Crippen LogP contribution in [0, 0.1) is 6.92 Å². The highest BCUT2D eigenvalue weighted by Crippen LogP contribution is 2.51. The van der Waals surface area contributed by atoms with E-state index in [1.807, 2.05) is 0 Å². The Morgan fingerprint density at radius 1 is 0.906 bits per heavy atom. The van der Waals surface area contributed by atoms with E-state index in [0.29, 0.717) is 20.7 Å². The van der Waals surface area contributed by atoms with Gasteiger partial charge in [0, 0.05) is 25.5 Å². The second-order valence-electron chi connectivity index (χ2n) is 6.52. The molecule has 0 saturated carbocycles. The summed E-state index contributed by atoms with van der Waals surface area (Å²) in [5, 5.41) is 0.966. The molecular weight excluding hydrogens is 549 g/mol. The van der Waals surface area contributed by atoms with E-state index in [0.717, 1.165) is 11.3 Å². The molecule has 0 aliphatic rings. The van der Waals surface area contributed by atoms with Crippen LogP contribution in [0.2, 0.25) is 15.1 Å². The molecule has 2 aromatic carbocycles. The monoisotopic (exact) mass is 557 g/mol. The largest absolute Gasteiger partial charge is 0.446 e. The first-order chi connectivity index (χ1) is 14.7. The lowest BCUT2D eigenvalue weighted by Crippen LogP contribution is -2.08. The summed E-state index contributed by atoms with van der Waals surface area (Å²) in [4.78, 5) is 2.87. The summed E-state index contributed by atoms with van der Waals surface area (Å²) in [6, 6.07) is 5.80. The van der Waals surface area contributed by atoms with E-state index in [-0.39, 0.29) is 37.3 Å². The van der Waals surface area contributed by atoms with Gasteiger partial charge in [0.25, 0.3) is 0 Å². The predicted molar refractivity (Wildman–Crippen MR) is 123 cm³/mol. The van der Waals surface area contributed by atoms with Gasteiger partial charge >= 0.3 is 20.8 Å². The third-order valence-electron chi connectivity index (χ3n) is 4.29. The van der Waals surface area contributed by atoms with Crippen LogP contribution >= 0.6 is 46.1 Å². The Morgan fingerprint density at radius 3 is 2.12 bits per heavy atom. The molecule has 4 aromatic rings. The van der Waals surface area contributed by atoms with E-state index in [9.17, 15) is 25.9 Å². The molecule has 0 spiro atoms. The van der Waals surface area contributed by atoms with Crippen molar-refractivity contribution in [1.82, 2.24) is 4.98 Å². The molecule has 3 N–H and O–H groups in total. The van der Waals surface area contributed by atoms with Gasteiger partial charge in [-0.05, 0) is 36.8 Å². The van der Waals surface area contributed by atoms with Crippen molar-refractivity contribution in [3.8, 4) is 22.1 Å². The molecule has 0 saturated heterocycles. The minimum absolute atomic E-state index is 0.0185. The number of aromatic amines is 1. The number of hydrogen-bond donors (Lipinski definition) is 3. The van der Waals surface area contributed by atoms with Crippen LogP contribution in [0.5, 0.6) is 11.5 Å². The zero-order valence-corrected chi connectivity index (χ0v) is 20.2. The van der Waals surface area contributed by atoms with E-state index in [2.05, 4.69) is 4.98 Å². The average Bonchev–Trinajstić information content (AvgIpc) is 3.11. The number of aromatic nitrogens is 1. The van der Waals surface area contributed by atoms with Gasteiger partial charge in [-0.1, -0.05) is 34.8 Å². The van der Waals surface area contributed by atoms with Crippen molar-refractivity contribution < 1.29 is 34.3 Å². The first-order valence-electron chi connectivity index (χ1n) is 8.31. The van der Waals surface area contributed by atoms with Gasteiger partial charge in [0.05, 0.1) is 15.4 Å². The summed E-state index contributed by atoms with van der Waals surface area (Å²) in [5.41, 5.74) is 0.606. The highest BCUT2D eigenvalue weighted by atomic mass is 35.5. The average molecular weight is 559 g/mol. The second-order valence-corrected chi connectivity index (χ2v) is 10.9. The maximum atomic E-state index is 11.6. The summed E-state index contributed by atoms with van der Waals surface area (Å²) >= 11 is 19.3. The number of aryl methyl sites for hydroxylation is 1. The van der Waals surface area contributed by atoms with Gasteiger partial charge in [-0.15, -0.1) is 11.3 Å². The predicted octanol–water partition coefficient (Wildman–Crippen LogP) is 5.68. The minimum atomic E-state index is -5.02. The lowest BCUT2D eigenvalue weighted by Gasteiger charge is -2.07. The van der Waals surface area contributed by atoms with Crippen LogP contribution in [0.3, 0.4) is 0 Å². The maximum Gasteiger partial charge on any atom is 0.446 e. The molecule has 2 heterocycles. The molecule has 0 amide bonds. The molecule has 0 aliphatic heterocycles. The van der Waals surface area contributed by atoms with Gasteiger partial charge in [0.1, 0.15) is 5.69 Å². The highest BCUT2D eigenvalue weighted by molar-refractivity contribution is 7.81. The molecule has 15 heteroatoms. The van der Waals surface area contributed by atoms with Crippen LogP contribution in [-0.2, 0) is 20.8 Å². The fourth-order valence-corrected chi connectivity index (χ4v) is 6.19. The fraction of sp³-hybridized carbons (Fsp3) is 0.0588. The van der Waals surface area contributed by atoms with Crippen molar-refractivity contribution in [1.29, 1.82) is 0 Å². The quantitative estimate of drug-likeness (QED) is 0.265. The Morgan fingerprint density at radius 2 is 1.50 bits per heavy atom. The van der Waals surface area contributed by atoms with Crippen LogP contribution < -0.4 is 8.37 Å². The standard InChI is InChI=1S/C17H10Cl3NO8S3/c1-6-2-7(18)5-11-12(6)16(29-32(25,26)27)17(30-11)14-15(28-31(22,23)24)9-3-8(19)4-10(20)13(9)21-14/h2-5,21H,1H3,(H,22,23,24)(H,25,26,27). The first-order valence-corrected chi connectivity index (χ1v) is 13.0. The third kappa shape index (κ3) is 4.50. The van der Waals surface area contributed by atoms with E-state index >= 15 is 0 Å². The molecule has 32 heavy (non-hydrogen) atoms. The minimum Gasteiger partial charge on any atom is -0.359 e. The molecule has 0 unspecified atom stereocenters. The number of halogens is 3. The fourth-order valence-electron chi connectivity index (χ4n) is 3.25. The molecule has 170 valence electrons. The van der Waals surface area contributed by atoms with E-state index < -0.39 is 26.5 Å². The Balaban J connectivity index is 2.16. The molecule has 0 bridgehead atoms. The van der Waals surface area contributed by atoms with Gasteiger partial charge in [-0.2, -0.15) is 16.8 Å². The number of benzene rings is 2. The van der Waals surface area contributed by atoms with Gasteiger partial charge < -0.3 is 13.4 Å². The number of nitrogens with one attached hydrogen (secondary N) is 1. The van der Waals surface area contributed by atoms with Crippen LogP contribution in [0.4, 0.5) is 0 Å². The molecular formula is C17H10Cl3NO8S3. The Kier molecular flexibility index (Phi) is 5.79. The Hall–Kier alpha value is -1.77. The molecule has 4 rings (SSSR count). The summed E-state index contributed by atoms with van der Waals surface area (Å²) < 4.78 is 75.0. The van der Waals surface area contributed by atoms with E-state index in [1.54, 1.807) is 13.0 Å². The molecule has 0 fully saturated rings. The van der Waals surface area contributed by atoms with Crippen molar-refractivity contribution in [3.63, 3.8) is 0 Å². The van der Waals surface area contributed by atoms with Crippen LogP contribution in [0.15, 0.2) is 24.3 Å². The molecule has 0 radical (unpaired) electrons. The van der Waals surface area contributed by atoms with Gasteiger partial charge in [0.2, 0.25) is 0 Å². The first kappa shape index (κ1) is 23.4. The number of thiophene rings is 1. The van der Waals surface area contributed by atoms with Crippen molar-refractivity contribution in [2.24, 2.45) is 0 Å². The van der Waals surface area contributed by atoms with E-state index in [1.165, 1.54) is 18.2 Å². The van der Waals surface area contributed by atoms with Crippen molar-refractivity contribution in [3.05, 3.63) is 44.9 Å². The lowest BCUT2D eigenvalue weighted by molar-refractivity contribution is 0.385. The van der Waals surface area contributed by atoms with Crippen LogP contribution in [-0.4, -0.2) is 30.9 Å². The van der Waals surface area contributed by atoms with Gasteiger partial charge in [-0.25, -0.2) is 0 Å². The third-order valence-corrected chi connectivity index (χ3v) is 6.92. The SMILES string of the molecule is Cc1cc(Cl)cc2sc(-c3[nH]c4c(Cl)cc(Cl)cc4c3OS(=O)(=O)O)c(OS(=O)(=O)O)c12. The van der Waals surface area contributed by atoms with Crippen molar-refractivity contribution in [2.75, 3.05) is 0 Å². The van der Waals surface area contributed by atoms with Crippen LogP contribution in [0.1, 0.15) is 5.56 Å². The lowest BCUT2D eigenvalue weighted by atomic mass is 10.1. The van der Waals surface area contributed by atoms with Crippen molar-refractivity contribution >= 4 is 87.9 Å². The number of rotatable bonds is 5. The summed E-state index contributed by atoms with van der Waals surface area (Å²) in [6.07, 6.45) is 0. The normalized spacial score (nSPS) is 12.6. The smallest absolute Gasteiger partial charge is 0.359 e. The molecule has 0 atom stereocenters. The summed E-state index contributed by atoms with van der Waals surface area (Å²) in [6.45, 7) is 1.64. The van der Waals surface area contributed by atoms with Gasteiger partial charge in [-0.3, -0.25) is 9.11 Å². The number of fused-ring (bicyclic) bond motifs is 2.